The molecule has 4 rings (SSSR count). The predicted molar refractivity (Wildman–Crippen MR) is 102 cm³/mol. The third-order valence-corrected chi connectivity index (χ3v) is 4.93. The number of fused-ring (bicyclic) bond motifs is 2. The van der Waals surface area contributed by atoms with Crippen LogP contribution >= 0.6 is 0 Å². The molecule has 0 radical (unpaired) electrons. The van der Waals surface area contributed by atoms with Gasteiger partial charge < -0.3 is 19.4 Å². The fourth-order valence-electron chi connectivity index (χ4n) is 3.59. The van der Waals surface area contributed by atoms with E-state index in [9.17, 15) is 9.82 Å². The highest BCUT2D eigenvalue weighted by atomic mass is 16.5. The van der Waals surface area contributed by atoms with Crippen LogP contribution in [0.5, 0.6) is 0 Å². The van der Waals surface area contributed by atoms with Gasteiger partial charge in [-0.25, -0.2) is 0 Å². The molecule has 0 spiro atoms. The molecule has 0 bridgehead atoms. The summed E-state index contributed by atoms with van der Waals surface area (Å²) in [4.78, 5) is 12.5. The van der Waals surface area contributed by atoms with Gasteiger partial charge in [-0.15, -0.1) is 0 Å². The smallest absolute Gasteiger partial charge is 0.423 e. The zero-order chi connectivity index (χ0) is 18.3. The number of hydrogen-bond donors (Lipinski definition) is 2. The topological polar surface area (TPSA) is 63.0 Å². The fraction of sp³-hybridized carbons (Fsp3) is 0.250. The number of nitrogens with zero attached hydrogens (tertiary/aromatic N) is 1. The maximum atomic E-state index is 12.5. The van der Waals surface area contributed by atoms with Gasteiger partial charge >= 0.3 is 7.12 Å². The lowest BCUT2D eigenvalue weighted by Gasteiger charge is -2.19. The Labute approximate surface area is 152 Å². The highest BCUT2D eigenvalue weighted by Crippen LogP contribution is 2.29. The summed E-state index contributed by atoms with van der Waals surface area (Å²) in [5, 5.41) is 13.1. The van der Waals surface area contributed by atoms with Gasteiger partial charge in [0.05, 0.1) is 5.60 Å². The number of aromatic nitrogens is 1. The van der Waals surface area contributed by atoms with Crippen molar-refractivity contribution >= 4 is 24.0 Å². The molecule has 1 aromatic carbocycles. The molecule has 1 aliphatic rings. The molecular formula is C20H21BN2O3. The number of pyridine rings is 1. The highest BCUT2D eigenvalue weighted by Gasteiger charge is 2.40. The second kappa shape index (κ2) is 6.30. The molecule has 1 amide bonds. The first-order valence-corrected chi connectivity index (χ1v) is 8.79. The van der Waals surface area contributed by atoms with Crippen LogP contribution in [0.3, 0.4) is 0 Å². The van der Waals surface area contributed by atoms with Crippen molar-refractivity contribution in [2.45, 2.75) is 25.9 Å². The van der Waals surface area contributed by atoms with E-state index in [-0.39, 0.29) is 5.91 Å². The van der Waals surface area contributed by atoms with Crippen LogP contribution in [0.1, 0.15) is 35.5 Å². The van der Waals surface area contributed by atoms with Crippen LogP contribution in [0.2, 0.25) is 0 Å². The average molecular weight is 348 g/mol. The van der Waals surface area contributed by atoms with Crippen molar-refractivity contribution in [2.75, 3.05) is 6.54 Å². The van der Waals surface area contributed by atoms with Crippen molar-refractivity contribution in [3.63, 3.8) is 0 Å². The van der Waals surface area contributed by atoms with Gasteiger partial charge in [0, 0.05) is 18.3 Å². The molecule has 2 aromatic heterocycles. The first-order chi connectivity index (χ1) is 12.5. The Hall–Kier alpha value is -2.57. The first kappa shape index (κ1) is 16.9. The number of carbonyl (C=O) groups is 1. The molecule has 0 atom stereocenters. The molecule has 1 aliphatic heterocycles. The number of nitrogens with one attached hydrogen (secondary N) is 1. The summed E-state index contributed by atoms with van der Waals surface area (Å²) in [6.07, 6.45) is 2.57. The molecule has 26 heavy (non-hydrogen) atoms. The minimum Gasteiger partial charge on any atom is -0.423 e. The molecule has 0 unspecified atom stereocenters. The third-order valence-electron chi connectivity index (χ3n) is 4.93. The minimum atomic E-state index is -0.888. The van der Waals surface area contributed by atoms with Crippen LogP contribution in [0.15, 0.2) is 54.7 Å². The summed E-state index contributed by atoms with van der Waals surface area (Å²) in [5.74, 6) is -0.0996. The number of carbonyl (C=O) groups excluding carboxylic acids is 1. The van der Waals surface area contributed by atoms with E-state index in [1.807, 2.05) is 73.0 Å². The Morgan fingerprint density at radius 2 is 2.04 bits per heavy atom. The van der Waals surface area contributed by atoms with E-state index in [4.69, 9.17) is 4.65 Å². The van der Waals surface area contributed by atoms with Crippen LogP contribution in [0, 0.1) is 0 Å². The summed E-state index contributed by atoms with van der Waals surface area (Å²) in [6.45, 7) is 4.42. The van der Waals surface area contributed by atoms with E-state index in [1.165, 1.54) is 0 Å². The second-order valence-electron chi connectivity index (χ2n) is 7.12. The number of benzene rings is 1. The van der Waals surface area contributed by atoms with E-state index in [2.05, 4.69) is 5.32 Å². The second-order valence-corrected chi connectivity index (χ2v) is 7.12. The molecule has 2 N–H and O–H groups in total. The number of rotatable bonds is 4. The largest absolute Gasteiger partial charge is 0.492 e. The maximum absolute atomic E-state index is 12.5. The predicted octanol–water partition coefficient (Wildman–Crippen LogP) is 1.86. The zero-order valence-corrected chi connectivity index (χ0v) is 14.9. The maximum Gasteiger partial charge on any atom is 0.492 e. The Morgan fingerprint density at radius 3 is 2.88 bits per heavy atom. The van der Waals surface area contributed by atoms with Crippen molar-refractivity contribution in [1.82, 2.24) is 9.72 Å². The monoisotopic (exact) mass is 348 g/mol. The van der Waals surface area contributed by atoms with Gasteiger partial charge in [-0.2, -0.15) is 0 Å². The van der Waals surface area contributed by atoms with Gasteiger partial charge in [0.15, 0.2) is 0 Å². The van der Waals surface area contributed by atoms with Gasteiger partial charge in [-0.1, -0.05) is 24.3 Å². The van der Waals surface area contributed by atoms with E-state index in [1.54, 1.807) is 0 Å². The standard InChI is InChI=1S/C20H21BN2O3/c1-20(2)16-9-8-14(13-17(16)21(25)26-20)10-11-22-19(24)18-7-3-5-15-6-4-12-23(15)18/h3-9,12-13,25H,10-11H2,1-2H3,(H,22,24). The molecule has 0 saturated carbocycles. The molecule has 0 aliphatic carbocycles. The summed E-state index contributed by atoms with van der Waals surface area (Å²) in [5.41, 5.74) is 4.02. The van der Waals surface area contributed by atoms with Crippen LogP contribution < -0.4 is 10.8 Å². The number of amides is 1. The summed E-state index contributed by atoms with van der Waals surface area (Å²) in [6, 6.07) is 15.6. The van der Waals surface area contributed by atoms with Crippen molar-refractivity contribution in [2.24, 2.45) is 0 Å². The first-order valence-electron chi connectivity index (χ1n) is 8.79. The van der Waals surface area contributed by atoms with Crippen molar-refractivity contribution in [3.8, 4) is 0 Å². The quantitative estimate of drug-likeness (QED) is 0.708. The van der Waals surface area contributed by atoms with Gasteiger partial charge in [-0.3, -0.25) is 4.79 Å². The fourth-order valence-corrected chi connectivity index (χ4v) is 3.59. The summed E-state index contributed by atoms with van der Waals surface area (Å²) < 4.78 is 7.47. The zero-order valence-electron chi connectivity index (χ0n) is 14.9. The number of hydrogen-bond acceptors (Lipinski definition) is 3. The van der Waals surface area contributed by atoms with Crippen LogP contribution in [-0.4, -0.2) is 29.0 Å². The van der Waals surface area contributed by atoms with Gasteiger partial charge in [-0.05, 0) is 61.1 Å². The molecule has 3 aromatic rings. The summed E-state index contributed by atoms with van der Waals surface area (Å²) in [7, 11) is -0.888. The third kappa shape index (κ3) is 2.91. The van der Waals surface area contributed by atoms with E-state index < -0.39 is 12.7 Å². The minimum absolute atomic E-state index is 0.0996. The molecule has 0 fully saturated rings. The van der Waals surface area contributed by atoms with Crippen LogP contribution in [0.4, 0.5) is 0 Å². The van der Waals surface area contributed by atoms with Gasteiger partial charge in [0.1, 0.15) is 5.69 Å². The van der Waals surface area contributed by atoms with Gasteiger partial charge in [0.25, 0.3) is 5.91 Å². The molecular weight excluding hydrogens is 327 g/mol. The molecule has 0 saturated heterocycles. The Morgan fingerprint density at radius 1 is 1.23 bits per heavy atom. The SMILES string of the molecule is CC1(C)OB(O)c2cc(CCNC(=O)c3cccc4cccn34)ccc21. The van der Waals surface area contributed by atoms with E-state index in [0.29, 0.717) is 18.7 Å². The lowest BCUT2D eigenvalue weighted by atomic mass is 9.77. The van der Waals surface area contributed by atoms with Crippen molar-refractivity contribution < 1.29 is 14.5 Å². The Balaban J connectivity index is 1.43. The molecule has 132 valence electrons. The molecule has 5 nitrogen and oxygen atoms in total. The van der Waals surface area contributed by atoms with Gasteiger partial charge in [0.2, 0.25) is 0 Å². The normalized spacial score (nSPS) is 15.3. The van der Waals surface area contributed by atoms with Crippen molar-refractivity contribution in [3.05, 3.63) is 71.5 Å². The highest BCUT2D eigenvalue weighted by molar-refractivity contribution is 6.62. The van der Waals surface area contributed by atoms with Crippen molar-refractivity contribution in [1.29, 1.82) is 0 Å². The Kier molecular flexibility index (Phi) is 4.09. The average Bonchev–Trinajstić information content (AvgIpc) is 3.17. The van der Waals surface area contributed by atoms with E-state index in [0.717, 1.165) is 22.1 Å². The lowest BCUT2D eigenvalue weighted by Crippen LogP contribution is -2.30. The van der Waals surface area contributed by atoms with Crippen LogP contribution in [0.25, 0.3) is 5.52 Å². The van der Waals surface area contributed by atoms with Crippen LogP contribution in [-0.2, 0) is 16.7 Å². The molecule has 6 heteroatoms. The summed E-state index contributed by atoms with van der Waals surface area (Å²) >= 11 is 0. The van der Waals surface area contributed by atoms with E-state index >= 15 is 0 Å². The Bertz CT molecular complexity index is 980. The lowest BCUT2D eigenvalue weighted by molar-refractivity contribution is 0.0947. The molecule has 3 heterocycles.